The van der Waals surface area contributed by atoms with Gasteiger partial charge in [-0.2, -0.15) is 0 Å². The van der Waals surface area contributed by atoms with Crippen molar-refractivity contribution >= 4 is 27.3 Å². The maximum atomic E-state index is 12.3. The van der Waals surface area contributed by atoms with Crippen molar-refractivity contribution in [3.05, 3.63) is 29.3 Å². The number of rotatable bonds is 6. The predicted octanol–water partition coefficient (Wildman–Crippen LogP) is 2.10. The second-order valence-corrected chi connectivity index (χ2v) is 9.15. The molecule has 1 saturated heterocycles. The Hall–Kier alpha value is -1.11. The summed E-state index contributed by atoms with van der Waals surface area (Å²) in [6.45, 7) is 2.32. The number of benzene rings is 1. The Morgan fingerprint density at radius 2 is 1.75 bits per heavy atom. The van der Waals surface area contributed by atoms with Crippen LogP contribution in [0.1, 0.15) is 25.7 Å². The van der Waals surface area contributed by atoms with Crippen LogP contribution < -0.4 is 5.32 Å². The molecular weight excluding hydrogens is 348 g/mol. The quantitative estimate of drug-likeness (QED) is 0.832. The van der Waals surface area contributed by atoms with Gasteiger partial charge in [-0.3, -0.25) is 4.79 Å². The van der Waals surface area contributed by atoms with Gasteiger partial charge in [-0.15, -0.1) is 0 Å². The third-order valence-corrected chi connectivity index (χ3v) is 6.60. The van der Waals surface area contributed by atoms with E-state index in [2.05, 4.69) is 5.32 Å². The van der Waals surface area contributed by atoms with Crippen molar-refractivity contribution < 1.29 is 13.2 Å². The lowest BCUT2D eigenvalue weighted by Gasteiger charge is -2.32. The molecule has 0 bridgehead atoms. The summed E-state index contributed by atoms with van der Waals surface area (Å²) in [7, 11) is -3.62. The van der Waals surface area contributed by atoms with Gasteiger partial charge in [-0.1, -0.05) is 11.6 Å². The van der Waals surface area contributed by atoms with E-state index in [1.807, 2.05) is 0 Å². The Morgan fingerprint density at radius 3 is 2.33 bits per heavy atom. The molecule has 0 radical (unpaired) electrons. The molecule has 3 rings (SSSR count). The van der Waals surface area contributed by atoms with Gasteiger partial charge in [0.25, 0.3) is 0 Å². The Bertz CT molecular complexity index is 678. The summed E-state index contributed by atoms with van der Waals surface area (Å²) in [6, 6.07) is 6.38. The van der Waals surface area contributed by atoms with Gasteiger partial charge < -0.3 is 10.2 Å². The number of carbonyl (C=O) groups is 1. The summed E-state index contributed by atoms with van der Waals surface area (Å²) >= 11 is 5.78. The first-order valence-corrected chi connectivity index (χ1v) is 10.5. The van der Waals surface area contributed by atoms with Crippen LogP contribution in [0.2, 0.25) is 5.02 Å². The van der Waals surface area contributed by atoms with E-state index in [4.69, 9.17) is 11.6 Å². The highest BCUT2D eigenvalue weighted by Gasteiger charge is 2.28. The smallest absolute Gasteiger partial charge is 0.238 e. The molecule has 1 saturated carbocycles. The van der Waals surface area contributed by atoms with Crippen LogP contribution in [0.25, 0.3) is 0 Å². The lowest BCUT2D eigenvalue weighted by atomic mass is 10.0. The maximum Gasteiger partial charge on any atom is 0.238 e. The number of nitrogens with one attached hydrogen (secondary N) is 1. The predicted molar refractivity (Wildman–Crippen MR) is 93.8 cm³/mol. The van der Waals surface area contributed by atoms with E-state index in [9.17, 15) is 13.2 Å². The third-order valence-electron chi connectivity index (χ3n) is 4.73. The molecule has 0 atom stereocenters. The number of hydrogen-bond donors (Lipinski definition) is 1. The fourth-order valence-electron chi connectivity index (χ4n) is 2.97. The second kappa shape index (κ2) is 7.42. The average molecular weight is 371 g/mol. The molecule has 7 heteroatoms. The second-order valence-electron chi connectivity index (χ2n) is 6.72. The zero-order valence-corrected chi connectivity index (χ0v) is 15.2. The lowest BCUT2D eigenvalue weighted by Crippen LogP contribution is -2.46. The van der Waals surface area contributed by atoms with E-state index >= 15 is 0 Å². The number of halogens is 1. The van der Waals surface area contributed by atoms with E-state index in [-0.39, 0.29) is 10.8 Å². The fourth-order valence-corrected chi connectivity index (χ4v) is 4.32. The summed E-state index contributed by atoms with van der Waals surface area (Å²) < 4.78 is 24.7. The van der Waals surface area contributed by atoms with E-state index in [0.29, 0.717) is 24.2 Å². The van der Waals surface area contributed by atoms with Crippen LogP contribution in [-0.4, -0.2) is 50.7 Å². The van der Waals surface area contributed by atoms with Crippen molar-refractivity contribution in [3.63, 3.8) is 0 Å². The summed E-state index contributed by atoms with van der Waals surface area (Å²) in [6.07, 6.45) is 4.43. The fraction of sp³-hybridized carbons (Fsp3) is 0.588. The van der Waals surface area contributed by atoms with E-state index in [1.54, 1.807) is 4.90 Å². The minimum atomic E-state index is -3.62. The van der Waals surface area contributed by atoms with Crippen molar-refractivity contribution in [2.45, 2.75) is 36.6 Å². The molecule has 24 heavy (non-hydrogen) atoms. The molecule has 1 aromatic carbocycles. The molecular formula is C17H23ClN2O3S. The number of amides is 1. The van der Waals surface area contributed by atoms with Gasteiger partial charge in [-0.05, 0) is 62.4 Å². The van der Waals surface area contributed by atoms with Gasteiger partial charge in [0.2, 0.25) is 5.91 Å². The van der Waals surface area contributed by atoms with E-state index in [0.717, 1.165) is 25.3 Å². The van der Waals surface area contributed by atoms with Gasteiger partial charge in [0.15, 0.2) is 9.84 Å². The van der Waals surface area contributed by atoms with Gasteiger partial charge >= 0.3 is 0 Å². The molecule has 5 nitrogen and oxygen atoms in total. The van der Waals surface area contributed by atoms with Gasteiger partial charge in [0, 0.05) is 24.2 Å². The Balaban J connectivity index is 1.50. The van der Waals surface area contributed by atoms with Crippen molar-refractivity contribution in [2.24, 2.45) is 5.92 Å². The highest BCUT2D eigenvalue weighted by Crippen LogP contribution is 2.28. The number of hydrogen-bond acceptors (Lipinski definition) is 4. The van der Waals surface area contributed by atoms with Crippen LogP contribution in [0.3, 0.4) is 0 Å². The highest BCUT2D eigenvalue weighted by atomic mass is 35.5. The van der Waals surface area contributed by atoms with Gasteiger partial charge in [0.05, 0.1) is 4.90 Å². The summed E-state index contributed by atoms with van der Waals surface area (Å²) in [5.41, 5.74) is 0. The zero-order valence-electron chi connectivity index (χ0n) is 13.6. The molecule has 0 unspecified atom stereocenters. The topological polar surface area (TPSA) is 66.5 Å². The largest absolute Gasteiger partial charge is 0.342 e. The first-order valence-electron chi connectivity index (χ1n) is 8.43. The monoisotopic (exact) mass is 370 g/mol. The molecule has 2 aliphatic rings. The molecule has 1 aliphatic carbocycles. The van der Waals surface area contributed by atoms with Crippen LogP contribution in [-0.2, 0) is 14.6 Å². The molecule has 1 heterocycles. The van der Waals surface area contributed by atoms with E-state index < -0.39 is 15.6 Å². The lowest BCUT2D eigenvalue weighted by molar-refractivity contribution is -0.129. The molecule has 2 fully saturated rings. The first-order chi connectivity index (χ1) is 11.4. The Morgan fingerprint density at radius 1 is 1.12 bits per heavy atom. The minimum Gasteiger partial charge on any atom is -0.342 e. The van der Waals surface area contributed by atoms with Crippen LogP contribution in [0.5, 0.6) is 0 Å². The minimum absolute atomic E-state index is 0.140. The van der Waals surface area contributed by atoms with Crippen LogP contribution in [0, 0.1) is 5.92 Å². The van der Waals surface area contributed by atoms with Crippen LogP contribution in [0.4, 0.5) is 0 Å². The molecule has 1 amide bonds. The number of sulfone groups is 1. The van der Waals surface area contributed by atoms with Crippen molar-refractivity contribution in [2.75, 3.05) is 25.4 Å². The molecule has 1 N–H and O–H groups in total. The number of nitrogens with zero attached hydrogens (tertiary/aromatic N) is 1. The normalized spacial score (nSPS) is 19.5. The molecule has 0 spiro atoms. The summed E-state index contributed by atoms with van der Waals surface area (Å²) in [4.78, 5) is 14.1. The van der Waals surface area contributed by atoms with Gasteiger partial charge in [0.1, 0.15) is 5.75 Å². The number of likely N-dealkylation sites (tertiary alicyclic amines) is 1. The SMILES string of the molecule is O=C(CS(=O)(=O)c1ccc(Cl)cc1)N1CCC(NCC2CC2)CC1. The number of piperidine rings is 1. The highest BCUT2D eigenvalue weighted by molar-refractivity contribution is 7.92. The van der Waals surface area contributed by atoms with Gasteiger partial charge in [-0.25, -0.2) is 8.42 Å². The molecule has 0 aromatic heterocycles. The average Bonchev–Trinajstić information content (AvgIpc) is 3.38. The Kier molecular flexibility index (Phi) is 5.47. The van der Waals surface area contributed by atoms with Crippen molar-refractivity contribution in [1.82, 2.24) is 10.2 Å². The number of carbonyl (C=O) groups excluding carboxylic acids is 1. The summed E-state index contributed by atoms with van der Waals surface area (Å²) in [5.74, 6) is 0.0502. The zero-order chi connectivity index (χ0) is 17.2. The van der Waals surface area contributed by atoms with Crippen LogP contribution >= 0.6 is 11.6 Å². The molecule has 132 valence electrons. The molecule has 1 aliphatic heterocycles. The Labute approximate surface area is 148 Å². The van der Waals surface area contributed by atoms with Crippen molar-refractivity contribution in [1.29, 1.82) is 0 Å². The van der Waals surface area contributed by atoms with Crippen molar-refractivity contribution in [3.8, 4) is 0 Å². The van der Waals surface area contributed by atoms with Crippen LogP contribution in [0.15, 0.2) is 29.2 Å². The van der Waals surface area contributed by atoms with E-state index in [1.165, 1.54) is 37.1 Å². The first kappa shape index (κ1) is 17.7. The summed E-state index contributed by atoms with van der Waals surface area (Å²) in [5, 5.41) is 4.03. The third kappa shape index (κ3) is 4.71. The molecule has 1 aromatic rings. The standard InChI is InChI=1S/C17H23ClN2O3S/c18-14-3-5-16(6-4-14)24(22,23)12-17(21)20-9-7-15(8-10-20)19-11-13-1-2-13/h3-6,13,15,19H,1-2,7-12H2. The maximum absolute atomic E-state index is 12.3.